The number of alkyl halides is 3. The molecule has 0 unspecified atom stereocenters. The van der Waals surface area contributed by atoms with Gasteiger partial charge in [0.15, 0.2) is 0 Å². The lowest BCUT2D eigenvalue weighted by Crippen LogP contribution is -2.07. The first kappa shape index (κ1) is 14.7. The van der Waals surface area contributed by atoms with Crippen LogP contribution in [0.2, 0.25) is 0 Å². The van der Waals surface area contributed by atoms with Gasteiger partial charge in [0.05, 0.1) is 17.2 Å². The Morgan fingerprint density at radius 2 is 1.67 bits per heavy atom. The molecule has 0 spiro atoms. The van der Waals surface area contributed by atoms with Gasteiger partial charge >= 0.3 is 6.18 Å². The Kier molecular flexibility index (Phi) is 4.03. The second kappa shape index (κ2) is 5.75. The molecule has 2 aromatic rings. The normalized spacial score (nSPS) is 10.8. The molecule has 6 heteroatoms. The van der Waals surface area contributed by atoms with Crippen molar-refractivity contribution in [2.75, 3.05) is 12.4 Å². The number of hydrogen-bond acceptors (Lipinski definition) is 3. The predicted octanol–water partition coefficient (Wildman–Crippen LogP) is 4.41. The lowest BCUT2D eigenvalue weighted by molar-refractivity contribution is -0.137. The number of hydrogen-bond donors (Lipinski definition) is 1. The molecule has 1 N–H and O–H groups in total. The van der Waals surface area contributed by atoms with Crippen molar-refractivity contribution in [1.82, 2.24) is 0 Å². The molecule has 0 saturated heterocycles. The van der Waals surface area contributed by atoms with E-state index in [1.807, 2.05) is 0 Å². The van der Waals surface area contributed by atoms with E-state index in [0.29, 0.717) is 5.75 Å². The van der Waals surface area contributed by atoms with Gasteiger partial charge in [-0.05, 0) is 42.5 Å². The summed E-state index contributed by atoms with van der Waals surface area (Å²) in [6.07, 6.45) is -4.56. The topological polar surface area (TPSA) is 45.0 Å². The van der Waals surface area contributed by atoms with Gasteiger partial charge in [0.1, 0.15) is 11.5 Å². The minimum absolute atomic E-state index is 0.178. The van der Waals surface area contributed by atoms with Crippen LogP contribution in [0, 0.1) is 11.3 Å². The minimum Gasteiger partial charge on any atom is -0.457 e. The van der Waals surface area contributed by atoms with Crippen LogP contribution in [0.15, 0.2) is 42.5 Å². The highest BCUT2D eigenvalue weighted by Crippen LogP contribution is 2.34. The first-order valence-electron chi connectivity index (χ1n) is 6.01. The average Bonchev–Trinajstić information content (AvgIpc) is 2.46. The van der Waals surface area contributed by atoms with E-state index in [-0.39, 0.29) is 5.75 Å². The molecule has 108 valence electrons. The summed E-state index contributed by atoms with van der Waals surface area (Å²) < 4.78 is 43.5. The van der Waals surface area contributed by atoms with Crippen LogP contribution < -0.4 is 10.1 Å². The van der Waals surface area contributed by atoms with Crippen LogP contribution in [0.25, 0.3) is 0 Å². The largest absolute Gasteiger partial charge is 0.457 e. The Morgan fingerprint density at radius 1 is 1.05 bits per heavy atom. The third-order valence-electron chi connectivity index (χ3n) is 2.80. The molecule has 0 saturated carbocycles. The molecule has 0 aromatic heterocycles. The Labute approximate surface area is 119 Å². The number of nitrogens with one attached hydrogen (secondary N) is 1. The standard InChI is InChI=1S/C15H11F3N2O/c1-20-11-2-4-12(5-3-11)21-13-6-7-14(15(16,17)18)10(8-13)9-19/h2-8,20H,1H3. The van der Waals surface area contributed by atoms with Crippen molar-refractivity contribution in [3.8, 4) is 17.6 Å². The molecule has 3 nitrogen and oxygen atoms in total. The van der Waals surface area contributed by atoms with Crippen LogP contribution in [-0.2, 0) is 6.18 Å². The van der Waals surface area contributed by atoms with Crippen LogP contribution >= 0.6 is 0 Å². The highest BCUT2D eigenvalue weighted by atomic mass is 19.4. The highest BCUT2D eigenvalue weighted by Gasteiger charge is 2.33. The van der Waals surface area contributed by atoms with Crippen molar-refractivity contribution in [1.29, 1.82) is 5.26 Å². The van der Waals surface area contributed by atoms with E-state index < -0.39 is 17.3 Å². The van der Waals surface area contributed by atoms with E-state index in [1.54, 1.807) is 31.3 Å². The van der Waals surface area contributed by atoms with Gasteiger partial charge in [-0.3, -0.25) is 0 Å². The van der Waals surface area contributed by atoms with Crippen molar-refractivity contribution in [2.45, 2.75) is 6.18 Å². The number of benzene rings is 2. The molecular formula is C15H11F3N2O. The smallest absolute Gasteiger partial charge is 0.417 e. The fourth-order valence-electron chi connectivity index (χ4n) is 1.75. The summed E-state index contributed by atoms with van der Waals surface area (Å²) in [5, 5.41) is 11.8. The SMILES string of the molecule is CNc1ccc(Oc2ccc(C(F)(F)F)c(C#N)c2)cc1. The van der Waals surface area contributed by atoms with Crippen molar-refractivity contribution in [3.05, 3.63) is 53.6 Å². The molecule has 0 aliphatic rings. The van der Waals surface area contributed by atoms with E-state index in [0.717, 1.165) is 17.8 Å². The Hall–Kier alpha value is -2.68. The molecule has 0 radical (unpaired) electrons. The number of rotatable bonds is 3. The zero-order valence-corrected chi connectivity index (χ0v) is 11.0. The van der Waals surface area contributed by atoms with Gasteiger partial charge in [0.25, 0.3) is 0 Å². The van der Waals surface area contributed by atoms with Crippen LogP contribution in [0.3, 0.4) is 0 Å². The summed E-state index contributed by atoms with van der Waals surface area (Å²) in [5.41, 5.74) is -0.554. The van der Waals surface area contributed by atoms with Crippen LogP contribution in [0.1, 0.15) is 11.1 Å². The van der Waals surface area contributed by atoms with Gasteiger partial charge < -0.3 is 10.1 Å². The summed E-state index contributed by atoms with van der Waals surface area (Å²) in [6, 6.07) is 11.5. The molecule has 0 fully saturated rings. The number of nitrogens with zero attached hydrogens (tertiary/aromatic N) is 1. The van der Waals surface area contributed by atoms with Crippen LogP contribution in [0.5, 0.6) is 11.5 Å². The maximum atomic E-state index is 12.7. The molecule has 0 aliphatic heterocycles. The highest BCUT2D eigenvalue weighted by molar-refractivity contribution is 5.48. The number of nitriles is 1. The number of anilines is 1. The van der Waals surface area contributed by atoms with Crippen molar-refractivity contribution < 1.29 is 17.9 Å². The summed E-state index contributed by atoms with van der Waals surface area (Å²) in [6.45, 7) is 0. The molecule has 0 amide bonds. The molecule has 0 aliphatic carbocycles. The summed E-state index contributed by atoms with van der Waals surface area (Å²) in [7, 11) is 1.77. The van der Waals surface area contributed by atoms with E-state index in [1.165, 1.54) is 12.1 Å². The zero-order chi connectivity index (χ0) is 15.5. The maximum absolute atomic E-state index is 12.7. The lowest BCUT2D eigenvalue weighted by Gasteiger charge is -2.11. The van der Waals surface area contributed by atoms with E-state index in [9.17, 15) is 13.2 Å². The molecule has 0 heterocycles. The van der Waals surface area contributed by atoms with Crippen LogP contribution in [-0.4, -0.2) is 7.05 Å². The quantitative estimate of drug-likeness (QED) is 0.911. The van der Waals surface area contributed by atoms with Crippen molar-refractivity contribution >= 4 is 5.69 Å². The predicted molar refractivity (Wildman–Crippen MR) is 72.2 cm³/mol. The van der Waals surface area contributed by atoms with Gasteiger partial charge in [-0.15, -0.1) is 0 Å². The first-order valence-corrected chi connectivity index (χ1v) is 6.01. The fraction of sp³-hybridized carbons (Fsp3) is 0.133. The summed E-state index contributed by atoms with van der Waals surface area (Å²) in [5.74, 6) is 0.648. The second-order valence-electron chi connectivity index (χ2n) is 4.19. The van der Waals surface area contributed by atoms with Gasteiger partial charge in [-0.25, -0.2) is 0 Å². The zero-order valence-electron chi connectivity index (χ0n) is 11.0. The Balaban J connectivity index is 2.27. The van der Waals surface area contributed by atoms with Crippen molar-refractivity contribution in [3.63, 3.8) is 0 Å². The molecule has 0 bridgehead atoms. The third kappa shape index (κ3) is 3.45. The molecule has 2 rings (SSSR count). The Bertz CT molecular complexity index is 673. The second-order valence-corrected chi connectivity index (χ2v) is 4.19. The number of ether oxygens (including phenoxy) is 1. The third-order valence-corrected chi connectivity index (χ3v) is 2.80. The lowest BCUT2D eigenvalue weighted by atomic mass is 10.1. The molecular weight excluding hydrogens is 281 g/mol. The molecule has 2 aromatic carbocycles. The minimum atomic E-state index is -4.56. The maximum Gasteiger partial charge on any atom is 0.417 e. The molecule has 21 heavy (non-hydrogen) atoms. The summed E-state index contributed by atoms with van der Waals surface area (Å²) in [4.78, 5) is 0. The van der Waals surface area contributed by atoms with Gasteiger partial charge in [-0.2, -0.15) is 18.4 Å². The Morgan fingerprint density at radius 3 is 2.19 bits per heavy atom. The van der Waals surface area contributed by atoms with E-state index >= 15 is 0 Å². The summed E-state index contributed by atoms with van der Waals surface area (Å²) >= 11 is 0. The number of halogens is 3. The molecule has 0 atom stereocenters. The van der Waals surface area contributed by atoms with E-state index in [2.05, 4.69) is 5.32 Å². The van der Waals surface area contributed by atoms with Crippen molar-refractivity contribution in [2.24, 2.45) is 0 Å². The van der Waals surface area contributed by atoms with Gasteiger partial charge in [0, 0.05) is 12.7 Å². The van der Waals surface area contributed by atoms with E-state index in [4.69, 9.17) is 10.00 Å². The van der Waals surface area contributed by atoms with Crippen LogP contribution in [0.4, 0.5) is 18.9 Å². The van der Waals surface area contributed by atoms with Gasteiger partial charge in [-0.1, -0.05) is 0 Å². The average molecular weight is 292 g/mol. The monoisotopic (exact) mass is 292 g/mol. The van der Waals surface area contributed by atoms with Gasteiger partial charge in [0.2, 0.25) is 0 Å². The first-order chi connectivity index (χ1) is 9.94. The fourth-order valence-corrected chi connectivity index (χ4v) is 1.75.